The van der Waals surface area contributed by atoms with Crippen LogP contribution in [0.1, 0.15) is 17.0 Å². The normalized spacial score (nSPS) is 18.1. The molecule has 2 fully saturated rings. The van der Waals surface area contributed by atoms with Crippen LogP contribution in [0.3, 0.4) is 0 Å². The van der Waals surface area contributed by atoms with Gasteiger partial charge in [0, 0.05) is 38.3 Å². The Balaban J connectivity index is 1.39. The number of hydrogen-bond acceptors (Lipinski definition) is 7. The van der Waals surface area contributed by atoms with Crippen LogP contribution in [0.2, 0.25) is 0 Å². The highest BCUT2D eigenvalue weighted by atomic mass is 16.2. The molecular weight excluding hydrogens is 440 g/mol. The Morgan fingerprint density at radius 2 is 1.83 bits per heavy atom. The number of fused-ring (bicyclic) bond motifs is 1. The molecule has 1 N–H and O–H groups in total. The van der Waals surface area contributed by atoms with Crippen LogP contribution in [0.25, 0.3) is 22.5 Å². The third kappa shape index (κ3) is 4.59. The highest BCUT2D eigenvalue weighted by molar-refractivity contribution is 5.83. The van der Waals surface area contributed by atoms with Crippen molar-refractivity contribution in [2.24, 2.45) is 0 Å². The Kier molecular flexibility index (Phi) is 6.17. The van der Waals surface area contributed by atoms with Crippen LogP contribution in [0.4, 0.5) is 0 Å². The molecule has 0 saturated carbocycles. The molecule has 35 heavy (non-hydrogen) atoms. The summed E-state index contributed by atoms with van der Waals surface area (Å²) in [5, 5.41) is 25.6. The molecule has 2 aromatic carbocycles. The summed E-state index contributed by atoms with van der Waals surface area (Å²) >= 11 is 0. The molecule has 1 amide bonds. The molecule has 2 saturated heterocycles. The monoisotopic (exact) mass is 466 g/mol. The van der Waals surface area contributed by atoms with Gasteiger partial charge in [0.05, 0.1) is 18.2 Å². The van der Waals surface area contributed by atoms with Gasteiger partial charge in [-0.2, -0.15) is 15.6 Å². The zero-order valence-electron chi connectivity index (χ0n) is 19.6. The van der Waals surface area contributed by atoms with Crippen LogP contribution < -0.4 is 0 Å². The van der Waals surface area contributed by atoms with E-state index in [1.165, 1.54) is 0 Å². The van der Waals surface area contributed by atoms with E-state index in [2.05, 4.69) is 44.5 Å². The zero-order chi connectivity index (χ0) is 24.4. The van der Waals surface area contributed by atoms with Crippen LogP contribution in [-0.2, 0) is 11.2 Å². The lowest BCUT2D eigenvalue weighted by atomic mass is 9.94. The SMILES string of the molecule is Cc1nc(-c2ccc(CCN3CCN4CCN(C#N)C[C@@H]4C3=O)c(-c3ccc(C#N)cc3)c2)n[nH]1. The molecule has 0 unspecified atom stereocenters. The van der Waals surface area contributed by atoms with Crippen molar-refractivity contribution in [2.45, 2.75) is 19.4 Å². The first-order chi connectivity index (χ1) is 17.1. The van der Waals surface area contributed by atoms with Gasteiger partial charge in [-0.3, -0.25) is 14.8 Å². The van der Waals surface area contributed by atoms with Crippen LogP contribution in [0.5, 0.6) is 0 Å². The van der Waals surface area contributed by atoms with Gasteiger partial charge in [-0.15, -0.1) is 0 Å². The summed E-state index contributed by atoms with van der Waals surface area (Å²) in [5.41, 5.74) is 4.66. The standard InChI is InChI=1S/C26H26N8O/c1-18-29-25(31-30-18)22-7-6-21(23(14-22)20-4-2-19(15-27)3-5-20)8-9-34-13-12-33-11-10-32(17-28)16-24(33)26(34)35/h2-7,14,24H,8-13,16H2,1H3,(H,29,30,31)/t24-/m1/s1. The Morgan fingerprint density at radius 3 is 2.54 bits per heavy atom. The number of nitrogens with zero attached hydrogens (tertiary/aromatic N) is 7. The third-order valence-corrected chi connectivity index (χ3v) is 6.83. The predicted octanol–water partition coefficient (Wildman–Crippen LogP) is 2.17. The van der Waals surface area contributed by atoms with Gasteiger partial charge in [-0.05, 0) is 48.2 Å². The van der Waals surface area contributed by atoms with E-state index in [1.807, 2.05) is 42.2 Å². The maximum Gasteiger partial charge on any atom is 0.241 e. The minimum atomic E-state index is -0.244. The van der Waals surface area contributed by atoms with Crippen molar-refractivity contribution in [1.29, 1.82) is 10.5 Å². The van der Waals surface area contributed by atoms with E-state index in [0.29, 0.717) is 44.0 Å². The summed E-state index contributed by atoms with van der Waals surface area (Å²) in [5.74, 6) is 1.48. The molecule has 1 atom stereocenters. The first-order valence-corrected chi connectivity index (χ1v) is 11.8. The molecule has 9 nitrogen and oxygen atoms in total. The van der Waals surface area contributed by atoms with Crippen LogP contribution >= 0.6 is 0 Å². The quantitative estimate of drug-likeness (QED) is 0.573. The highest BCUT2D eigenvalue weighted by Gasteiger charge is 2.38. The molecule has 0 spiro atoms. The van der Waals surface area contributed by atoms with Gasteiger partial charge in [0.25, 0.3) is 0 Å². The number of aromatic nitrogens is 3. The number of amides is 1. The topological polar surface area (TPSA) is 116 Å². The summed E-state index contributed by atoms with van der Waals surface area (Å²) < 4.78 is 0. The second-order valence-corrected chi connectivity index (χ2v) is 8.98. The fourth-order valence-corrected chi connectivity index (χ4v) is 4.86. The van der Waals surface area contributed by atoms with Gasteiger partial charge >= 0.3 is 0 Å². The molecule has 0 aliphatic carbocycles. The molecule has 2 aliphatic heterocycles. The lowest BCUT2D eigenvalue weighted by Crippen LogP contribution is -2.64. The van der Waals surface area contributed by atoms with Crippen LogP contribution in [0.15, 0.2) is 42.5 Å². The lowest BCUT2D eigenvalue weighted by Gasteiger charge is -2.45. The molecule has 3 heterocycles. The number of carbonyl (C=O) groups excluding carboxylic acids is 1. The number of nitrogens with one attached hydrogen (secondary N) is 1. The first kappa shape index (κ1) is 22.6. The van der Waals surface area contributed by atoms with Crippen molar-refractivity contribution in [3.05, 3.63) is 59.4 Å². The Bertz CT molecular complexity index is 1320. The predicted molar refractivity (Wildman–Crippen MR) is 130 cm³/mol. The number of benzene rings is 2. The summed E-state index contributed by atoms with van der Waals surface area (Å²) in [4.78, 5) is 23.5. The van der Waals surface area contributed by atoms with Crippen molar-refractivity contribution in [1.82, 2.24) is 29.9 Å². The van der Waals surface area contributed by atoms with Gasteiger partial charge in [-0.25, -0.2) is 4.98 Å². The molecule has 0 radical (unpaired) electrons. The maximum atomic E-state index is 13.2. The van der Waals surface area contributed by atoms with Gasteiger partial charge in [-0.1, -0.05) is 24.3 Å². The molecule has 9 heteroatoms. The number of aromatic amines is 1. The molecular formula is C26H26N8O. The van der Waals surface area contributed by atoms with Gasteiger partial charge in [0.2, 0.25) is 5.91 Å². The molecule has 1 aromatic heterocycles. The summed E-state index contributed by atoms with van der Waals surface area (Å²) in [6, 6.07) is 15.6. The van der Waals surface area contributed by atoms with Crippen molar-refractivity contribution in [3.63, 3.8) is 0 Å². The fourth-order valence-electron chi connectivity index (χ4n) is 4.86. The Labute approximate surface area is 204 Å². The minimum Gasteiger partial charge on any atom is -0.340 e. The molecule has 176 valence electrons. The highest BCUT2D eigenvalue weighted by Crippen LogP contribution is 2.30. The average Bonchev–Trinajstić information content (AvgIpc) is 3.34. The van der Waals surface area contributed by atoms with Crippen LogP contribution in [-0.4, -0.2) is 81.1 Å². The number of piperazine rings is 2. The second-order valence-electron chi connectivity index (χ2n) is 8.98. The summed E-state index contributed by atoms with van der Waals surface area (Å²) in [6.07, 6.45) is 2.89. The Morgan fingerprint density at radius 1 is 1.06 bits per heavy atom. The number of rotatable bonds is 5. The summed E-state index contributed by atoms with van der Waals surface area (Å²) in [6.45, 7) is 5.91. The van der Waals surface area contributed by atoms with Crippen molar-refractivity contribution < 1.29 is 4.79 Å². The van der Waals surface area contributed by atoms with Gasteiger partial charge in [0.1, 0.15) is 11.9 Å². The number of H-pyrrole nitrogens is 1. The maximum absolute atomic E-state index is 13.2. The number of carbonyl (C=O) groups is 1. The molecule has 2 aliphatic rings. The van der Waals surface area contributed by atoms with Crippen molar-refractivity contribution >= 4 is 5.91 Å². The first-order valence-electron chi connectivity index (χ1n) is 11.8. The van der Waals surface area contributed by atoms with Crippen molar-refractivity contribution in [2.75, 3.05) is 39.3 Å². The Hall–Kier alpha value is -4.21. The second kappa shape index (κ2) is 9.57. The number of hydrogen-bond donors (Lipinski definition) is 1. The van der Waals surface area contributed by atoms with E-state index in [0.717, 1.165) is 41.2 Å². The summed E-state index contributed by atoms with van der Waals surface area (Å²) in [7, 11) is 0. The number of aryl methyl sites for hydroxylation is 1. The largest absolute Gasteiger partial charge is 0.340 e. The van der Waals surface area contributed by atoms with E-state index < -0.39 is 0 Å². The van der Waals surface area contributed by atoms with Gasteiger partial charge in [0.15, 0.2) is 12.0 Å². The van der Waals surface area contributed by atoms with E-state index in [1.54, 1.807) is 4.90 Å². The van der Waals surface area contributed by atoms with E-state index in [4.69, 9.17) is 0 Å². The third-order valence-electron chi connectivity index (χ3n) is 6.83. The average molecular weight is 467 g/mol. The fraction of sp³-hybridized carbons (Fsp3) is 0.346. The van der Waals surface area contributed by atoms with E-state index in [-0.39, 0.29) is 11.9 Å². The van der Waals surface area contributed by atoms with Crippen molar-refractivity contribution in [3.8, 4) is 34.8 Å². The van der Waals surface area contributed by atoms with Gasteiger partial charge < -0.3 is 9.80 Å². The minimum absolute atomic E-state index is 0.101. The molecule has 0 bridgehead atoms. The smallest absolute Gasteiger partial charge is 0.241 e. The molecule has 5 rings (SSSR count). The van der Waals surface area contributed by atoms with E-state index in [9.17, 15) is 15.3 Å². The van der Waals surface area contributed by atoms with E-state index >= 15 is 0 Å². The lowest BCUT2D eigenvalue weighted by molar-refractivity contribution is -0.144. The molecule has 3 aromatic rings. The number of nitriles is 2. The van der Waals surface area contributed by atoms with Crippen LogP contribution in [0, 0.1) is 29.7 Å². The zero-order valence-corrected chi connectivity index (χ0v) is 19.6.